The van der Waals surface area contributed by atoms with Crippen LogP contribution in [-0.2, 0) is 16.1 Å². The summed E-state index contributed by atoms with van der Waals surface area (Å²) >= 11 is 1.14. The third kappa shape index (κ3) is 2.82. The molecule has 0 saturated carbocycles. The zero-order chi connectivity index (χ0) is 14.0. The Labute approximate surface area is 114 Å². The second-order valence-corrected chi connectivity index (χ2v) is 5.24. The molecule has 1 saturated heterocycles. The largest absolute Gasteiger partial charge is 0.477 e. The molecule has 2 amide bonds. The fraction of sp³-hybridized carbons (Fsp3) is 0.417. The summed E-state index contributed by atoms with van der Waals surface area (Å²) in [5, 5.41) is 13.1. The molecule has 2 rings (SSSR count). The summed E-state index contributed by atoms with van der Waals surface area (Å²) in [6.07, 6.45) is 0.575. The number of hydrogen-bond acceptors (Lipinski definition) is 5. The van der Waals surface area contributed by atoms with Gasteiger partial charge in [0, 0.05) is 6.54 Å². The van der Waals surface area contributed by atoms with Crippen LogP contribution in [0.1, 0.15) is 28.6 Å². The smallest absolute Gasteiger partial charge is 0.346 e. The summed E-state index contributed by atoms with van der Waals surface area (Å²) in [5.74, 6) is -1.64. The molecule has 2 N–H and O–H groups in total. The van der Waals surface area contributed by atoms with Crippen LogP contribution in [0.15, 0.2) is 11.4 Å². The van der Waals surface area contributed by atoms with Crippen molar-refractivity contribution in [3.05, 3.63) is 21.9 Å². The van der Waals surface area contributed by atoms with Crippen LogP contribution in [0.2, 0.25) is 0 Å². The molecule has 1 aliphatic heterocycles. The Balaban J connectivity index is 2.20. The van der Waals surface area contributed by atoms with Crippen LogP contribution in [0.4, 0.5) is 0 Å². The average molecular weight is 282 g/mol. The fourth-order valence-electron chi connectivity index (χ4n) is 2.20. The molecule has 102 valence electrons. The third-order valence-electron chi connectivity index (χ3n) is 3.05. The van der Waals surface area contributed by atoms with Gasteiger partial charge in [0.15, 0.2) is 0 Å². The Morgan fingerprint density at radius 3 is 2.95 bits per heavy atom. The molecule has 1 aromatic heterocycles. The van der Waals surface area contributed by atoms with E-state index in [0.717, 1.165) is 11.3 Å². The van der Waals surface area contributed by atoms with Gasteiger partial charge in [-0.3, -0.25) is 19.8 Å². The van der Waals surface area contributed by atoms with E-state index in [1.165, 1.54) is 0 Å². The first-order chi connectivity index (χ1) is 9.02. The van der Waals surface area contributed by atoms with Gasteiger partial charge in [-0.1, -0.05) is 6.92 Å². The standard InChI is InChI=1S/C12H14N2O4S/c1-2-8-11(16)13-9(15)6-14(8)5-7-3-4-19-10(7)12(17)18/h3-4,8H,2,5-6H2,1H3,(H,17,18)(H,13,15,16). The van der Waals surface area contributed by atoms with Gasteiger partial charge in [0.2, 0.25) is 11.8 Å². The van der Waals surface area contributed by atoms with Crippen molar-refractivity contribution in [3.8, 4) is 0 Å². The van der Waals surface area contributed by atoms with Gasteiger partial charge in [0.25, 0.3) is 0 Å². The quantitative estimate of drug-likeness (QED) is 0.793. The predicted molar refractivity (Wildman–Crippen MR) is 68.9 cm³/mol. The third-order valence-corrected chi connectivity index (χ3v) is 4.00. The maximum atomic E-state index is 11.7. The number of hydrogen-bond donors (Lipinski definition) is 2. The minimum absolute atomic E-state index is 0.110. The number of aromatic carboxylic acids is 1. The number of nitrogens with zero attached hydrogens (tertiary/aromatic N) is 1. The Morgan fingerprint density at radius 1 is 1.58 bits per heavy atom. The minimum atomic E-state index is -0.981. The molecule has 6 nitrogen and oxygen atoms in total. The van der Waals surface area contributed by atoms with Gasteiger partial charge in [-0.25, -0.2) is 4.79 Å². The van der Waals surface area contributed by atoms with Gasteiger partial charge in [-0.15, -0.1) is 11.3 Å². The number of piperazine rings is 1. The van der Waals surface area contributed by atoms with E-state index in [0.29, 0.717) is 18.5 Å². The van der Waals surface area contributed by atoms with Crippen molar-refractivity contribution in [2.75, 3.05) is 6.54 Å². The van der Waals surface area contributed by atoms with Gasteiger partial charge in [-0.2, -0.15) is 0 Å². The molecular weight excluding hydrogens is 268 g/mol. The predicted octanol–water partition coefficient (Wildman–Crippen LogP) is 0.683. The van der Waals surface area contributed by atoms with E-state index in [1.807, 2.05) is 6.92 Å². The molecule has 0 radical (unpaired) electrons. The fourth-order valence-corrected chi connectivity index (χ4v) is 2.95. The highest BCUT2D eigenvalue weighted by Gasteiger charge is 2.32. The van der Waals surface area contributed by atoms with Gasteiger partial charge in [0.1, 0.15) is 4.88 Å². The van der Waals surface area contributed by atoms with Gasteiger partial charge < -0.3 is 5.11 Å². The molecule has 1 atom stereocenters. The summed E-state index contributed by atoms with van der Waals surface area (Å²) in [7, 11) is 0. The highest BCUT2D eigenvalue weighted by Crippen LogP contribution is 2.21. The number of rotatable bonds is 4. The van der Waals surface area contributed by atoms with Crippen LogP contribution in [0.5, 0.6) is 0 Å². The van der Waals surface area contributed by atoms with Gasteiger partial charge in [-0.05, 0) is 23.4 Å². The molecule has 0 bridgehead atoms. The lowest BCUT2D eigenvalue weighted by atomic mass is 10.1. The van der Waals surface area contributed by atoms with Gasteiger partial charge in [0.05, 0.1) is 12.6 Å². The molecule has 2 heterocycles. The number of imide groups is 1. The van der Waals surface area contributed by atoms with E-state index in [2.05, 4.69) is 5.32 Å². The van der Waals surface area contributed by atoms with Crippen molar-refractivity contribution in [2.45, 2.75) is 25.9 Å². The number of carbonyl (C=O) groups excluding carboxylic acids is 2. The molecule has 1 unspecified atom stereocenters. The monoisotopic (exact) mass is 282 g/mol. The Morgan fingerprint density at radius 2 is 2.32 bits per heavy atom. The second kappa shape index (κ2) is 5.50. The zero-order valence-electron chi connectivity index (χ0n) is 10.4. The van der Waals surface area contributed by atoms with Crippen LogP contribution in [0.3, 0.4) is 0 Å². The van der Waals surface area contributed by atoms with Crippen LogP contribution in [0, 0.1) is 0 Å². The van der Waals surface area contributed by atoms with Crippen molar-refractivity contribution in [2.24, 2.45) is 0 Å². The van der Waals surface area contributed by atoms with Crippen LogP contribution < -0.4 is 5.32 Å². The molecule has 7 heteroatoms. The summed E-state index contributed by atoms with van der Waals surface area (Å²) < 4.78 is 0. The zero-order valence-corrected chi connectivity index (χ0v) is 11.2. The second-order valence-electron chi connectivity index (χ2n) is 4.32. The number of carboxylic acids is 1. The van der Waals surface area contributed by atoms with E-state index >= 15 is 0 Å². The minimum Gasteiger partial charge on any atom is -0.477 e. The van der Waals surface area contributed by atoms with Crippen molar-refractivity contribution >= 4 is 29.1 Å². The van der Waals surface area contributed by atoms with Crippen molar-refractivity contribution < 1.29 is 19.5 Å². The lowest BCUT2D eigenvalue weighted by Gasteiger charge is -2.33. The molecule has 19 heavy (non-hydrogen) atoms. The van der Waals surface area contributed by atoms with Crippen molar-refractivity contribution in [1.82, 2.24) is 10.2 Å². The molecule has 0 spiro atoms. The molecule has 0 aliphatic carbocycles. The normalized spacial score (nSPS) is 20.4. The molecule has 1 aromatic rings. The highest BCUT2D eigenvalue weighted by molar-refractivity contribution is 7.12. The maximum absolute atomic E-state index is 11.7. The first-order valence-corrected chi connectivity index (χ1v) is 6.78. The first kappa shape index (κ1) is 13.7. The average Bonchev–Trinajstić information content (AvgIpc) is 2.76. The van der Waals surface area contributed by atoms with Crippen LogP contribution in [-0.4, -0.2) is 40.4 Å². The van der Waals surface area contributed by atoms with E-state index in [4.69, 9.17) is 5.11 Å². The summed E-state index contributed by atoms with van der Waals surface area (Å²) in [6.45, 7) is 2.26. The van der Waals surface area contributed by atoms with Crippen molar-refractivity contribution in [1.29, 1.82) is 0 Å². The summed E-state index contributed by atoms with van der Waals surface area (Å²) in [6, 6.07) is 1.33. The number of nitrogens with one attached hydrogen (secondary N) is 1. The number of carboxylic acid groups (broad SMARTS) is 1. The van der Waals surface area contributed by atoms with E-state index in [1.54, 1.807) is 16.3 Å². The SMILES string of the molecule is CCC1C(=O)NC(=O)CN1Cc1ccsc1C(=O)O. The van der Waals surface area contributed by atoms with E-state index < -0.39 is 5.97 Å². The molecule has 1 fully saturated rings. The Hall–Kier alpha value is -1.73. The number of amides is 2. The summed E-state index contributed by atoms with van der Waals surface area (Å²) in [4.78, 5) is 36.1. The lowest BCUT2D eigenvalue weighted by molar-refractivity contribution is -0.140. The van der Waals surface area contributed by atoms with Crippen LogP contribution >= 0.6 is 11.3 Å². The van der Waals surface area contributed by atoms with Gasteiger partial charge >= 0.3 is 5.97 Å². The number of carbonyl (C=O) groups is 3. The molecular formula is C12H14N2O4S. The lowest BCUT2D eigenvalue weighted by Crippen LogP contribution is -2.57. The van der Waals surface area contributed by atoms with E-state index in [9.17, 15) is 14.4 Å². The van der Waals surface area contributed by atoms with Crippen molar-refractivity contribution in [3.63, 3.8) is 0 Å². The first-order valence-electron chi connectivity index (χ1n) is 5.90. The van der Waals surface area contributed by atoms with Crippen LogP contribution in [0.25, 0.3) is 0 Å². The topological polar surface area (TPSA) is 86.7 Å². The highest BCUT2D eigenvalue weighted by atomic mass is 32.1. The number of thiophene rings is 1. The maximum Gasteiger partial charge on any atom is 0.346 e. The molecule has 1 aliphatic rings. The Kier molecular flexibility index (Phi) is 3.96. The van der Waals surface area contributed by atoms with E-state index in [-0.39, 0.29) is 29.3 Å². The molecule has 0 aromatic carbocycles. The summed E-state index contributed by atoms with van der Waals surface area (Å²) in [5.41, 5.74) is 0.637. The Bertz CT molecular complexity index is 526.